The van der Waals surface area contributed by atoms with Crippen LogP contribution in [-0.2, 0) is 0 Å². The van der Waals surface area contributed by atoms with E-state index < -0.39 is 0 Å². The molecule has 0 heterocycles. The Morgan fingerprint density at radius 2 is 0.444 bits per heavy atom. The van der Waals surface area contributed by atoms with E-state index in [0.717, 1.165) is 21.3 Å². The van der Waals surface area contributed by atoms with Gasteiger partial charge in [0, 0.05) is 0 Å². The summed E-state index contributed by atoms with van der Waals surface area (Å²) >= 11 is 0. The SMILES string of the molecule is C[O-].C[O-].C[O-].[NH4+].[NH4+].[NH4+]. The Kier molecular flexibility index (Phi) is 47400. The molecular formula is C3H21N3O3. The van der Waals surface area contributed by atoms with E-state index in [0.29, 0.717) is 0 Å². The zero-order chi connectivity index (χ0) is 6.00. The van der Waals surface area contributed by atoms with Crippen LogP contribution in [0.5, 0.6) is 0 Å². The van der Waals surface area contributed by atoms with E-state index in [1.54, 1.807) is 0 Å². The van der Waals surface area contributed by atoms with E-state index in [1.165, 1.54) is 0 Å². The lowest BCUT2D eigenvalue weighted by atomic mass is 11.8. The summed E-state index contributed by atoms with van der Waals surface area (Å²) in [5.41, 5.74) is 0. The van der Waals surface area contributed by atoms with Crippen LogP contribution in [0, 0.1) is 0 Å². The second kappa shape index (κ2) is 6160. The van der Waals surface area contributed by atoms with Crippen molar-refractivity contribution in [1.29, 1.82) is 0 Å². The van der Waals surface area contributed by atoms with Crippen LogP contribution in [0.4, 0.5) is 0 Å². The summed E-state index contributed by atoms with van der Waals surface area (Å²) < 4.78 is 0. The number of quaternary nitrogens is 3. The Morgan fingerprint density at radius 1 is 0.444 bits per heavy atom. The predicted molar refractivity (Wildman–Crippen MR) is 35.7 cm³/mol. The van der Waals surface area contributed by atoms with Gasteiger partial charge in [-0.3, -0.25) is 0 Å². The van der Waals surface area contributed by atoms with Gasteiger partial charge in [-0.15, -0.1) is 0 Å². The first kappa shape index (κ1) is 69.2. The number of rotatable bonds is 0. The Hall–Kier alpha value is -0.240. The normalized spacial score (nSPS) is 2.00. The summed E-state index contributed by atoms with van der Waals surface area (Å²) in [6.07, 6.45) is 0. The van der Waals surface area contributed by atoms with Gasteiger partial charge >= 0.3 is 0 Å². The summed E-state index contributed by atoms with van der Waals surface area (Å²) in [5, 5.41) is 24.8. The average Bonchev–Trinajstić information content (AvgIpc) is 1.81. The largest absolute Gasteiger partial charge is 0.857 e. The van der Waals surface area contributed by atoms with Crippen molar-refractivity contribution in [3.05, 3.63) is 0 Å². The maximum absolute atomic E-state index is 8.25. The first-order chi connectivity index (χ1) is 3.00. The van der Waals surface area contributed by atoms with E-state index in [-0.39, 0.29) is 18.5 Å². The second-order valence-corrected chi connectivity index (χ2v) is 0. The lowest BCUT2D eigenvalue weighted by molar-refractivity contribution is -0.325. The molecule has 6 nitrogen and oxygen atoms in total. The molecule has 0 aliphatic carbocycles. The fourth-order valence-electron chi connectivity index (χ4n) is 0. The molecule has 0 radical (unpaired) electrons. The molecule has 0 aromatic carbocycles. The first-order valence-corrected chi connectivity index (χ1v) is 1.22. The molecule has 6 heteroatoms. The van der Waals surface area contributed by atoms with Gasteiger partial charge in [-0.25, -0.2) is 0 Å². The van der Waals surface area contributed by atoms with Crippen molar-refractivity contribution in [3.8, 4) is 0 Å². The third-order valence-electron chi connectivity index (χ3n) is 0. The first-order valence-electron chi connectivity index (χ1n) is 1.22. The highest BCUT2D eigenvalue weighted by molar-refractivity contribution is 3.08. The maximum Gasteiger partial charge on any atom is -0.153 e. The van der Waals surface area contributed by atoms with Crippen molar-refractivity contribution in [2.75, 3.05) is 21.3 Å². The van der Waals surface area contributed by atoms with Crippen molar-refractivity contribution in [3.63, 3.8) is 0 Å². The quantitative estimate of drug-likeness (QED) is 0.361. The van der Waals surface area contributed by atoms with Gasteiger partial charge in [-0.1, -0.05) is 0 Å². The molecule has 0 unspecified atom stereocenters. The lowest BCUT2D eigenvalue weighted by Crippen LogP contribution is -1.81. The molecule has 0 fully saturated rings. The molecule has 0 aliphatic rings. The minimum absolute atomic E-state index is 0. The van der Waals surface area contributed by atoms with Crippen LogP contribution < -0.4 is 33.8 Å². The molecular weight excluding hydrogens is 126 g/mol. The second-order valence-electron chi connectivity index (χ2n) is 0. The summed E-state index contributed by atoms with van der Waals surface area (Å²) in [7, 11) is 2.25. The lowest BCUT2D eigenvalue weighted by Gasteiger charge is -1.57. The van der Waals surface area contributed by atoms with Gasteiger partial charge in [-0.2, -0.15) is 21.3 Å². The van der Waals surface area contributed by atoms with Gasteiger partial charge in [0.2, 0.25) is 0 Å². The molecule has 0 aromatic heterocycles. The summed E-state index contributed by atoms with van der Waals surface area (Å²) in [4.78, 5) is 0. The van der Waals surface area contributed by atoms with Crippen LogP contribution >= 0.6 is 0 Å². The highest BCUT2D eigenvalue weighted by Gasteiger charge is 0.559. The molecule has 0 aromatic rings. The third-order valence-corrected chi connectivity index (χ3v) is 0. The predicted octanol–water partition coefficient (Wildman–Crippen LogP) is -1.94. The highest BCUT2D eigenvalue weighted by Crippen LogP contribution is 0.422. The van der Waals surface area contributed by atoms with E-state index in [4.69, 9.17) is 15.3 Å². The molecule has 0 saturated heterocycles. The van der Waals surface area contributed by atoms with Crippen molar-refractivity contribution >= 4 is 0 Å². The zero-order valence-electron chi connectivity index (χ0n) is 7.22. The molecule has 0 rings (SSSR count). The van der Waals surface area contributed by atoms with E-state index in [9.17, 15) is 0 Å². The molecule has 0 saturated carbocycles. The van der Waals surface area contributed by atoms with Crippen LogP contribution in [0.25, 0.3) is 0 Å². The van der Waals surface area contributed by atoms with Gasteiger partial charge in [0.25, 0.3) is 0 Å². The zero-order valence-corrected chi connectivity index (χ0v) is 7.22. The van der Waals surface area contributed by atoms with Gasteiger partial charge in [-0.05, 0) is 0 Å². The minimum Gasteiger partial charge on any atom is -0.857 e. The van der Waals surface area contributed by atoms with E-state index in [2.05, 4.69) is 0 Å². The standard InChI is InChI=1S/3CH3O.3H3N/c3*1-2;;;/h3*1H3;3*1H3/q3*-1;;;/p+3. The summed E-state index contributed by atoms with van der Waals surface area (Å²) in [5.74, 6) is 0. The smallest absolute Gasteiger partial charge is 0.153 e. The van der Waals surface area contributed by atoms with E-state index >= 15 is 0 Å². The maximum atomic E-state index is 8.25. The molecule has 0 spiro atoms. The minimum atomic E-state index is 0. The monoisotopic (exact) mass is 147 g/mol. The Balaban J connectivity index is -0.00000000321. The molecule has 0 aliphatic heterocycles. The van der Waals surface area contributed by atoms with Gasteiger partial charge in [0.15, 0.2) is 0 Å². The van der Waals surface area contributed by atoms with Crippen LogP contribution in [0.1, 0.15) is 0 Å². The molecule has 12 N–H and O–H groups in total. The Morgan fingerprint density at radius 3 is 0.444 bits per heavy atom. The summed E-state index contributed by atoms with van der Waals surface area (Å²) in [6, 6.07) is 0. The molecule has 0 amide bonds. The van der Waals surface area contributed by atoms with Gasteiger partial charge in [0.1, 0.15) is 0 Å². The van der Waals surface area contributed by atoms with Crippen molar-refractivity contribution < 1.29 is 15.3 Å². The van der Waals surface area contributed by atoms with Gasteiger partial charge in [0.05, 0.1) is 0 Å². The van der Waals surface area contributed by atoms with Crippen molar-refractivity contribution in [2.45, 2.75) is 0 Å². The molecule has 9 heavy (non-hydrogen) atoms. The molecule has 0 bridgehead atoms. The third kappa shape index (κ3) is 4470. The van der Waals surface area contributed by atoms with E-state index in [1.807, 2.05) is 0 Å². The average molecular weight is 147 g/mol. The molecule has 0 atom stereocenters. The fraction of sp³-hybridized carbons (Fsp3) is 1.00. The molecule has 66 valence electrons. The Labute approximate surface area is 56.3 Å². The van der Waals surface area contributed by atoms with Crippen LogP contribution in [0.2, 0.25) is 0 Å². The summed E-state index contributed by atoms with van der Waals surface area (Å²) in [6.45, 7) is 0. The number of hydrogen-bond donors (Lipinski definition) is 3. The van der Waals surface area contributed by atoms with Crippen LogP contribution in [0.15, 0.2) is 0 Å². The van der Waals surface area contributed by atoms with Gasteiger partial charge < -0.3 is 33.8 Å². The fourth-order valence-corrected chi connectivity index (χ4v) is 0. The van der Waals surface area contributed by atoms with Crippen molar-refractivity contribution in [1.82, 2.24) is 18.5 Å². The number of hydrogen-bond acceptors (Lipinski definition) is 3. The van der Waals surface area contributed by atoms with Crippen LogP contribution in [-0.4, -0.2) is 21.3 Å². The highest BCUT2D eigenvalue weighted by atomic mass is 16.2. The Bertz CT molecular complexity index is 14.3. The van der Waals surface area contributed by atoms with Crippen LogP contribution in [0.3, 0.4) is 0 Å². The topological polar surface area (TPSA) is 179 Å². The van der Waals surface area contributed by atoms with Crippen molar-refractivity contribution in [2.24, 2.45) is 0 Å².